The summed E-state index contributed by atoms with van der Waals surface area (Å²) in [5.41, 5.74) is 0.939. The Morgan fingerprint density at radius 1 is 0.926 bits per heavy atom. The minimum atomic E-state index is -0.660. The van der Waals surface area contributed by atoms with E-state index < -0.39 is 5.97 Å². The second-order valence-electron chi connectivity index (χ2n) is 5.46. The van der Waals surface area contributed by atoms with Gasteiger partial charge in [0.25, 0.3) is 5.91 Å². The van der Waals surface area contributed by atoms with Crippen molar-refractivity contribution in [2.75, 3.05) is 39.4 Å². The molecule has 144 valence electrons. The number of benzene rings is 2. The first-order chi connectivity index (χ1) is 13.0. The topological polar surface area (TPSA) is 74.3 Å². The Hall–Kier alpha value is -3.22. The summed E-state index contributed by atoms with van der Waals surface area (Å²) in [7, 11) is 4.38. The summed E-state index contributed by atoms with van der Waals surface area (Å²) in [6, 6.07) is 12.1. The van der Waals surface area contributed by atoms with Crippen molar-refractivity contribution in [1.82, 2.24) is 0 Å². The number of likely N-dealkylation sites (N-methyl/N-ethyl adjacent to an activating group) is 1. The highest BCUT2D eigenvalue weighted by Crippen LogP contribution is 2.38. The Morgan fingerprint density at radius 2 is 1.52 bits per heavy atom. The van der Waals surface area contributed by atoms with Gasteiger partial charge in [-0.2, -0.15) is 0 Å². The summed E-state index contributed by atoms with van der Waals surface area (Å²) >= 11 is 0. The summed E-state index contributed by atoms with van der Waals surface area (Å²) < 4.78 is 20.8. The van der Waals surface area contributed by atoms with Gasteiger partial charge in [-0.05, 0) is 31.2 Å². The lowest BCUT2D eigenvalue weighted by molar-refractivity contribution is -0.121. The maximum Gasteiger partial charge on any atom is 0.338 e. The fraction of sp³-hybridized carbons (Fsp3) is 0.300. The van der Waals surface area contributed by atoms with Gasteiger partial charge in [0.15, 0.2) is 18.1 Å². The van der Waals surface area contributed by atoms with Crippen molar-refractivity contribution in [3.05, 3.63) is 48.0 Å². The summed E-state index contributed by atoms with van der Waals surface area (Å²) in [5.74, 6) is 0.0502. The maximum absolute atomic E-state index is 12.4. The van der Waals surface area contributed by atoms with Crippen molar-refractivity contribution in [2.45, 2.75) is 6.92 Å². The molecular formula is C20H23NO6. The molecule has 0 N–H and O–H groups in total. The molecule has 2 aromatic carbocycles. The summed E-state index contributed by atoms with van der Waals surface area (Å²) in [4.78, 5) is 26.4. The van der Waals surface area contributed by atoms with Crippen LogP contribution in [0.4, 0.5) is 5.69 Å². The van der Waals surface area contributed by atoms with E-state index in [2.05, 4.69) is 0 Å². The second kappa shape index (κ2) is 9.47. The molecule has 0 radical (unpaired) electrons. The minimum Gasteiger partial charge on any atom is -0.493 e. The van der Waals surface area contributed by atoms with Crippen molar-refractivity contribution in [2.24, 2.45) is 0 Å². The van der Waals surface area contributed by atoms with Crippen molar-refractivity contribution in [3.8, 4) is 17.2 Å². The molecule has 0 atom stereocenters. The van der Waals surface area contributed by atoms with Crippen LogP contribution in [0.2, 0.25) is 0 Å². The van der Waals surface area contributed by atoms with Crippen molar-refractivity contribution < 1.29 is 28.5 Å². The van der Waals surface area contributed by atoms with E-state index in [0.29, 0.717) is 23.8 Å². The van der Waals surface area contributed by atoms with E-state index in [1.165, 1.54) is 33.5 Å². The molecular weight excluding hydrogens is 350 g/mol. The van der Waals surface area contributed by atoms with E-state index in [1.807, 2.05) is 37.3 Å². The van der Waals surface area contributed by atoms with Gasteiger partial charge in [-0.25, -0.2) is 4.79 Å². The van der Waals surface area contributed by atoms with Crippen LogP contribution in [-0.4, -0.2) is 46.4 Å². The Kier molecular flexibility index (Phi) is 7.05. The predicted octanol–water partition coefficient (Wildman–Crippen LogP) is 2.92. The molecule has 1 amide bonds. The van der Waals surface area contributed by atoms with Gasteiger partial charge < -0.3 is 23.8 Å². The SMILES string of the molecule is CCN(C(=O)COC(=O)c1cc(OC)c(OC)c(OC)c1)c1ccccc1. The number of rotatable bonds is 8. The molecule has 0 aliphatic carbocycles. The van der Waals surface area contributed by atoms with Gasteiger partial charge in [0.2, 0.25) is 5.75 Å². The zero-order valence-corrected chi connectivity index (χ0v) is 15.9. The quantitative estimate of drug-likeness (QED) is 0.663. The van der Waals surface area contributed by atoms with Gasteiger partial charge in [-0.1, -0.05) is 18.2 Å². The second-order valence-corrected chi connectivity index (χ2v) is 5.46. The zero-order valence-electron chi connectivity index (χ0n) is 15.9. The highest BCUT2D eigenvalue weighted by atomic mass is 16.5. The lowest BCUT2D eigenvalue weighted by Crippen LogP contribution is -2.34. The highest BCUT2D eigenvalue weighted by Gasteiger charge is 2.20. The van der Waals surface area contributed by atoms with E-state index in [9.17, 15) is 9.59 Å². The average molecular weight is 373 g/mol. The molecule has 0 fully saturated rings. The Balaban J connectivity index is 2.12. The third-order valence-corrected chi connectivity index (χ3v) is 3.91. The molecule has 0 heterocycles. The Labute approximate surface area is 158 Å². The fourth-order valence-corrected chi connectivity index (χ4v) is 2.60. The molecule has 7 nitrogen and oxygen atoms in total. The predicted molar refractivity (Wildman–Crippen MR) is 101 cm³/mol. The summed E-state index contributed by atoms with van der Waals surface area (Å²) in [6.07, 6.45) is 0. The number of esters is 1. The molecule has 2 aromatic rings. The van der Waals surface area contributed by atoms with Crippen molar-refractivity contribution in [3.63, 3.8) is 0 Å². The summed E-state index contributed by atoms with van der Waals surface area (Å²) in [6.45, 7) is 1.94. The van der Waals surface area contributed by atoms with Crippen LogP contribution < -0.4 is 19.1 Å². The lowest BCUT2D eigenvalue weighted by atomic mass is 10.2. The van der Waals surface area contributed by atoms with E-state index in [1.54, 1.807) is 4.90 Å². The number of carbonyl (C=O) groups is 2. The standard InChI is InChI=1S/C20H23NO6/c1-5-21(15-9-7-6-8-10-15)18(22)13-27-20(23)14-11-16(24-2)19(26-4)17(12-14)25-3/h6-12H,5,13H2,1-4H3. The molecule has 0 spiro atoms. The van der Waals surface area contributed by atoms with Crippen LogP contribution in [0.1, 0.15) is 17.3 Å². The number of hydrogen-bond donors (Lipinski definition) is 0. The van der Waals surface area contributed by atoms with Gasteiger partial charge >= 0.3 is 5.97 Å². The number of methoxy groups -OCH3 is 3. The van der Waals surface area contributed by atoms with Crippen molar-refractivity contribution >= 4 is 17.6 Å². The molecule has 0 bridgehead atoms. The average Bonchev–Trinajstić information content (AvgIpc) is 2.72. The van der Waals surface area contributed by atoms with Crippen LogP contribution in [0.15, 0.2) is 42.5 Å². The molecule has 0 unspecified atom stereocenters. The third kappa shape index (κ3) is 4.69. The van der Waals surface area contributed by atoms with E-state index in [-0.39, 0.29) is 18.1 Å². The smallest absolute Gasteiger partial charge is 0.338 e. The number of anilines is 1. The molecule has 0 saturated heterocycles. The number of ether oxygens (including phenoxy) is 4. The number of nitrogens with zero attached hydrogens (tertiary/aromatic N) is 1. The van der Waals surface area contributed by atoms with Crippen LogP contribution >= 0.6 is 0 Å². The van der Waals surface area contributed by atoms with Gasteiger partial charge in [-0.15, -0.1) is 0 Å². The normalized spacial score (nSPS) is 10.1. The van der Waals surface area contributed by atoms with Crippen LogP contribution in [0.25, 0.3) is 0 Å². The summed E-state index contributed by atoms with van der Waals surface area (Å²) in [5, 5.41) is 0. The van der Waals surface area contributed by atoms with Crippen LogP contribution in [0.5, 0.6) is 17.2 Å². The molecule has 27 heavy (non-hydrogen) atoms. The first kappa shape index (κ1) is 20.1. The Bertz CT molecular complexity index is 765. The number of para-hydroxylation sites is 1. The van der Waals surface area contributed by atoms with Crippen LogP contribution in [-0.2, 0) is 9.53 Å². The van der Waals surface area contributed by atoms with Crippen LogP contribution in [0, 0.1) is 0 Å². The molecule has 0 aliphatic heterocycles. The van der Waals surface area contributed by atoms with Gasteiger partial charge in [-0.3, -0.25) is 4.79 Å². The van der Waals surface area contributed by atoms with Crippen LogP contribution in [0.3, 0.4) is 0 Å². The molecule has 7 heteroatoms. The van der Waals surface area contributed by atoms with Gasteiger partial charge in [0.1, 0.15) is 0 Å². The Morgan fingerprint density at radius 3 is 2.00 bits per heavy atom. The lowest BCUT2D eigenvalue weighted by Gasteiger charge is -2.21. The van der Waals surface area contributed by atoms with E-state index >= 15 is 0 Å². The monoisotopic (exact) mass is 373 g/mol. The fourth-order valence-electron chi connectivity index (χ4n) is 2.60. The number of carbonyl (C=O) groups excluding carboxylic acids is 2. The first-order valence-corrected chi connectivity index (χ1v) is 8.38. The first-order valence-electron chi connectivity index (χ1n) is 8.38. The number of hydrogen-bond acceptors (Lipinski definition) is 6. The minimum absolute atomic E-state index is 0.194. The molecule has 0 saturated carbocycles. The largest absolute Gasteiger partial charge is 0.493 e. The number of amides is 1. The molecule has 2 rings (SSSR count). The third-order valence-electron chi connectivity index (χ3n) is 3.91. The van der Waals surface area contributed by atoms with Gasteiger partial charge in [0.05, 0.1) is 26.9 Å². The van der Waals surface area contributed by atoms with Crippen molar-refractivity contribution in [1.29, 1.82) is 0 Å². The molecule has 0 aromatic heterocycles. The van der Waals surface area contributed by atoms with E-state index in [4.69, 9.17) is 18.9 Å². The maximum atomic E-state index is 12.4. The zero-order chi connectivity index (χ0) is 19.8. The van der Waals surface area contributed by atoms with Gasteiger partial charge in [0, 0.05) is 12.2 Å². The molecule has 0 aliphatic rings. The van der Waals surface area contributed by atoms with E-state index in [0.717, 1.165) is 5.69 Å². The highest BCUT2D eigenvalue weighted by molar-refractivity contribution is 5.97.